The third-order valence-electron chi connectivity index (χ3n) is 11.6. The van der Waals surface area contributed by atoms with Crippen molar-refractivity contribution < 1.29 is 48.6 Å². The van der Waals surface area contributed by atoms with Crippen LogP contribution in [0.25, 0.3) is 30.4 Å². The van der Waals surface area contributed by atoms with Crippen LogP contribution in [0.15, 0.2) is 42.0 Å². The second-order valence-electron chi connectivity index (χ2n) is 14.8. The van der Waals surface area contributed by atoms with Crippen molar-refractivity contribution in [2.75, 3.05) is 40.6 Å². The van der Waals surface area contributed by atoms with E-state index >= 15 is 0 Å². The van der Waals surface area contributed by atoms with Crippen LogP contribution in [0.4, 0.5) is 0 Å². The first-order valence-corrected chi connectivity index (χ1v) is 19.2. The second-order valence-corrected chi connectivity index (χ2v) is 14.8. The summed E-state index contributed by atoms with van der Waals surface area (Å²) >= 11 is 0. The molecule has 1 saturated heterocycles. The molecule has 14 nitrogen and oxygen atoms in total. The van der Waals surface area contributed by atoms with Gasteiger partial charge in [0.2, 0.25) is 0 Å². The number of esters is 3. The zero-order valence-electron chi connectivity index (χ0n) is 33.9. The molecule has 0 spiro atoms. The van der Waals surface area contributed by atoms with Gasteiger partial charge in [0, 0.05) is 80.2 Å². The zero-order valence-corrected chi connectivity index (χ0v) is 33.9. The summed E-state index contributed by atoms with van der Waals surface area (Å²) in [6.07, 6.45) is 12.7. The minimum Gasteiger partial charge on any atom is -0.469 e. The number of H-pyrrole nitrogens is 3. The van der Waals surface area contributed by atoms with Gasteiger partial charge < -0.3 is 49.6 Å². The summed E-state index contributed by atoms with van der Waals surface area (Å²) in [4.78, 5) is 61.1. The highest BCUT2D eigenvalue weighted by atomic mass is 17.2. The number of ether oxygens (including phenoxy) is 3. The number of aromatic amines is 3. The van der Waals surface area contributed by atoms with E-state index in [0.29, 0.717) is 30.7 Å². The van der Waals surface area contributed by atoms with E-state index in [-0.39, 0.29) is 44.3 Å². The number of carbonyl (C=O) groups excluding carboxylic acids is 3. The summed E-state index contributed by atoms with van der Waals surface area (Å²) in [7, 11) is 2.61. The minimum absolute atomic E-state index is 0.00947. The smallest absolute Gasteiger partial charge is 0.334 e. The molecule has 8 bridgehead atoms. The molecule has 3 unspecified atom stereocenters. The molecule has 6 rings (SSSR count). The SMILES string of the molecule is C=Cc1c2[nH]c(c1C)C=c1[nH]c(c(CC(=C)OOCCO)c1C)=Cc1[nH]c(c(C)c1CCC(=O)OCCO)C=C1NC(=C2)C2(C)C1CC=C(C(=O)OC)C2C(=O)OC. The van der Waals surface area contributed by atoms with Crippen molar-refractivity contribution in [3.63, 3.8) is 0 Å². The molecule has 2 aliphatic heterocycles. The van der Waals surface area contributed by atoms with Crippen LogP contribution in [-0.4, -0.2) is 83.7 Å². The number of carbonyl (C=O) groups is 3. The molecule has 3 atom stereocenters. The monoisotopic (exact) mass is 796 g/mol. The number of hydrogen-bond acceptors (Lipinski definition) is 11. The Labute approximate surface area is 336 Å². The molecular formula is C44H52N4O10. The Morgan fingerprint density at radius 1 is 0.879 bits per heavy atom. The van der Waals surface area contributed by atoms with Crippen LogP contribution in [0.1, 0.15) is 75.9 Å². The van der Waals surface area contributed by atoms with Gasteiger partial charge in [0.25, 0.3) is 0 Å². The van der Waals surface area contributed by atoms with Gasteiger partial charge in [-0.3, -0.25) is 9.59 Å². The molecule has 0 amide bonds. The molecular weight excluding hydrogens is 745 g/mol. The molecule has 0 aromatic carbocycles. The Bertz CT molecular complexity index is 2370. The quantitative estimate of drug-likeness (QED) is 0.0349. The fourth-order valence-electron chi connectivity index (χ4n) is 8.49. The van der Waals surface area contributed by atoms with E-state index in [4.69, 9.17) is 24.0 Å². The predicted molar refractivity (Wildman–Crippen MR) is 217 cm³/mol. The zero-order chi connectivity index (χ0) is 41.9. The third-order valence-corrected chi connectivity index (χ3v) is 11.6. The maximum atomic E-state index is 13.8. The normalized spacial score (nSPS) is 19.3. The molecule has 1 aliphatic carbocycles. The number of aliphatic hydroxyl groups is 2. The van der Waals surface area contributed by atoms with Crippen LogP contribution < -0.4 is 16.0 Å². The Morgan fingerprint density at radius 2 is 1.59 bits per heavy atom. The number of fused-ring (bicyclic) bond motifs is 11. The largest absolute Gasteiger partial charge is 0.469 e. The van der Waals surface area contributed by atoms with Gasteiger partial charge in [0.1, 0.15) is 24.9 Å². The van der Waals surface area contributed by atoms with E-state index in [2.05, 4.69) is 33.4 Å². The molecule has 0 radical (unpaired) electrons. The Hall–Kier alpha value is -5.83. The highest BCUT2D eigenvalue weighted by Gasteiger charge is 2.58. The third kappa shape index (κ3) is 7.74. The van der Waals surface area contributed by atoms with Crippen LogP contribution in [0, 0.1) is 38.0 Å². The van der Waals surface area contributed by atoms with E-state index in [9.17, 15) is 24.6 Å². The molecule has 308 valence electrons. The van der Waals surface area contributed by atoms with Crippen LogP contribution in [0.3, 0.4) is 0 Å². The predicted octanol–water partition coefficient (Wildman–Crippen LogP) is 3.57. The van der Waals surface area contributed by atoms with Crippen LogP contribution in [-0.2, 0) is 51.2 Å². The molecule has 3 aliphatic rings. The summed E-state index contributed by atoms with van der Waals surface area (Å²) < 4.78 is 15.7. The molecule has 6 N–H and O–H groups in total. The van der Waals surface area contributed by atoms with Gasteiger partial charge in [-0.15, -0.1) is 0 Å². The summed E-state index contributed by atoms with van der Waals surface area (Å²) in [5.41, 5.74) is 9.24. The average molecular weight is 797 g/mol. The molecule has 58 heavy (non-hydrogen) atoms. The van der Waals surface area contributed by atoms with Gasteiger partial charge in [-0.1, -0.05) is 32.2 Å². The molecule has 3 aromatic heterocycles. The van der Waals surface area contributed by atoms with Crippen LogP contribution in [0.2, 0.25) is 0 Å². The van der Waals surface area contributed by atoms with Gasteiger partial charge in [-0.2, -0.15) is 4.89 Å². The lowest BCUT2D eigenvalue weighted by Crippen LogP contribution is -2.44. The number of allylic oxidation sites excluding steroid dienone is 4. The van der Waals surface area contributed by atoms with Gasteiger partial charge in [0.15, 0.2) is 0 Å². The maximum absolute atomic E-state index is 13.8. The summed E-state index contributed by atoms with van der Waals surface area (Å²) in [6.45, 7) is 15.6. The van der Waals surface area contributed by atoms with E-state index < -0.39 is 29.2 Å². The van der Waals surface area contributed by atoms with Crippen LogP contribution in [0.5, 0.6) is 0 Å². The average Bonchev–Trinajstić information content (AvgIpc) is 3.86. The first-order chi connectivity index (χ1) is 27.8. The van der Waals surface area contributed by atoms with Gasteiger partial charge >= 0.3 is 17.9 Å². The Balaban J connectivity index is 1.64. The van der Waals surface area contributed by atoms with E-state index in [1.165, 1.54) is 14.2 Å². The highest BCUT2D eigenvalue weighted by Crippen LogP contribution is 2.57. The standard InChI is InChI=1S/C44H52N4O10/c1-9-27-24(3)32-19-33-26(5)30(18-23(2)58-57-17-15-50)36(46-33)21-35-28(11-13-40(51)56-16-14-49)25(4)34(45-35)20-38-31-12-10-29(42(52)54-7)41(43(53)55-8)44(31,6)39(48-38)22-37(27)47-32/h9-10,19-22,31,41,45-50H,1-2,11-18H2,3-8H3. The summed E-state index contributed by atoms with van der Waals surface area (Å²) in [5, 5.41) is 23.7. The van der Waals surface area contributed by atoms with Gasteiger partial charge in [-0.05, 0) is 85.7 Å². The number of hydrogen-bond donors (Lipinski definition) is 6. The van der Waals surface area contributed by atoms with Crippen molar-refractivity contribution in [3.8, 4) is 0 Å². The molecule has 14 heteroatoms. The van der Waals surface area contributed by atoms with Crippen molar-refractivity contribution >= 4 is 48.3 Å². The fraction of sp³-hybridized carbons (Fsp3) is 0.386. The Kier molecular flexibility index (Phi) is 12.5. The Morgan fingerprint density at radius 3 is 2.28 bits per heavy atom. The number of nitrogens with one attached hydrogen (secondary N) is 4. The fourth-order valence-corrected chi connectivity index (χ4v) is 8.49. The first kappa shape index (κ1) is 41.8. The lowest BCUT2D eigenvalue weighted by Gasteiger charge is -2.41. The number of aliphatic hydroxyl groups excluding tert-OH is 2. The lowest BCUT2D eigenvalue weighted by atomic mass is 9.60. The summed E-state index contributed by atoms with van der Waals surface area (Å²) in [6, 6.07) is 0. The summed E-state index contributed by atoms with van der Waals surface area (Å²) in [5.74, 6) is -2.55. The second kappa shape index (κ2) is 17.3. The van der Waals surface area contributed by atoms with Gasteiger partial charge in [0.05, 0.1) is 27.4 Å². The van der Waals surface area contributed by atoms with Crippen LogP contribution >= 0.6 is 0 Å². The molecule has 1 fully saturated rings. The van der Waals surface area contributed by atoms with Crippen molar-refractivity contribution in [1.29, 1.82) is 0 Å². The molecule has 5 heterocycles. The molecule has 0 saturated carbocycles. The molecule has 3 aromatic rings. The van der Waals surface area contributed by atoms with Crippen molar-refractivity contribution in [2.45, 2.75) is 53.4 Å². The number of aromatic nitrogens is 3. The van der Waals surface area contributed by atoms with Gasteiger partial charge in [-0.25, -0.2) is 4.79 Å². The van der Waals surface area contributed by atoms with E-state index in [1.807, 2.05) is 52.0 Å². The van der Waals surface area contributed by atoms with Crippen molar-refractivity contribution in [3.05, 3.63) is 109 Å². The minimum atomic E-state index is -0.996. The lowest BCUT2D eigenvalue weighted by molar-refractivity contribution is -0.266. The number of rotatable bonds is 14. The van der Waals surface area contributed by atoms with Crippen molar-refractivity contribution in [1.82, 2.24) is 20.3 Å². The maximum Gasteiger partial charge on any atom is 0.334 e. The highest BCUT2D eigenvalue weighted by molar-refractivity contribution is 5.97. The van der Waals surface area contributed by atoms with Crippen molar-refractivity contribution in [2.24, 2.45) is 17.3 Å². The first-order valence-electron chi connectivity index (χ1n) is 19.2. The number of methoxy groups -OCH3 is 2. The van der Waals surface area contributed by atoms with E-state index in [0.717, 1.165) is 72.6 Å². The van der Waals surface area contributed by atoms with E-state index in [1.54, 1.807) is 12.2 Å². The topological polar surface area (TPSA) is 197 Å².